The van der Waals surface area contributed by atoms with Crippen molar-refractivity contribution in [2.45, 2.75) is 0 Å². The van der Waals surface area contributed by atoms with Crippen LogP contribution in [0.25, 0.3) is 22.3 Å². The van der Waals surface area contributed by atoms with Gasteiger partial charge in [-0.1, -0.05) is 36.4 Å². The molecule has 22 heavy (non-hydrogen) atoms. The Morgan fingerprint density at radius 1 is 1.05 bits per heavy atom. The SMILES string of the molecule is N#C/C(=C1\NC(=N)c2ccccc21)c1nc2ccccc2[nH]1. The largest absolute Gasteiger partial charge is 0.338 e. The van der Waals surface area contributed by atoms with E-state index in [4.69, 9.17) is 5.41 Å². The molecule has 0 aliphatic carbocycles. The highest BCUT2D eigenvalue weighted by molar-refractivity contribution is 6.16. The zero-order valence-corrected chi connectivity index (χ0v) is 11.5. The highest BCUT2D eigenvalue weighted by atomic mass is 15.0. The van der Waals surface area contributed by atoms with Crippen LogP contribution in [0.2, 0.25) is 0 Å². The quantitative estimate of drug-likeness (QED) is 0.601. The van der Waals surface area contributed by atoms with E-state index in [-0.39, 0.29) is 0 Å². The first-order valence-electron chi connectivity index (χ1n) is 6.83. The van der Waals surface area contributed by atoms with Crippen molar-refractivity contribution >= 4 is 28.1 Å². The standard InChI is InChI=1S/C17H11N5/c18-9-12(17-20-13-7-3-4-8-14(13)21-17)15-10-5-1-2-6-11(10)16(19)22-15/h1-8H,(H2,19,22)(H,20,21)/b15-12+. The number of nitriles is 1. The average molecular weight is 285 g/mol. The summed E-state index contributed by atoms with van der Waals surface area (Å²) < 4.78 is 0. The van der Waals surface area contributed by atoms with Gasteiger partial charge in [0, 0.05) is 11.1 Å². The number of imidazole rings is 1. The molecule has 0 amide bonds. The highest BCUT2D eigenvalue weighted by Crippen LogP contribution is 2.30. The first-order chi connectivity index (χ1) is 10.8. The molecule has 0 bridgehead atoms. The lowest BCUT2D eigenvalue weighted by Crippen LogP contribution is -2.13. The number of benzene rings is 2. The number of nitrogens with zero attached hydrogens (tertiary/aromatic N) is 2. The second kappa shape index (κ2) is 4.57. The van der Waals surface area contributed by atoms with Crippen LogP contribution in [0.1, 0.15) is 17.0 Å². The van der Waals surface area contributed by atoms with Crippen LogP contribution in [0.3, 0.4) is 0 Å². The van der Waals surface area contributed by atoms with E-state index in [2.05, 4.69) is 21.4 Å². The minimum Gasteiger partial charge on any atom is -0.338 e. The molecule has 0 atom stereocenters. The smallest absolute Gasteiger partial charge is 0.151 e. The van der Waals surface area contributed by atoms with Crippen molar-refractivity contribution < 1.29 is 0 Å². The van der Waals surface area contributed by atoms with Gasteiger partial charge in [-0.25, -0.2) is 4.98 Å². The van der Waals surface area contributed by atoms with Crippen LogP contribution < -0.4 is 5.32 Å². The molecule has 0 saturated heterocycles. The van der Waals surface area contributed by atoms with Crippen LogP contribution in [0.4, 0.5) is 0 Å². The van der Waals surface area contributed by atoms with E-state index in [1.54, 1.807) is 0 Å². The van der Waals surface area contributed by atoms with Gasteiger partial charge in [0.05, 0.1) is 16.7 Å². The lowest BCUT2D eigenvalue weighted by molar-refractivity contribution is 1.25. The lowest BCUT2D eigenvalue weighted by Gasteiger charge is -2.02. The van der Waals surface area contributed by atoms with E-state index < -0.39 is 0 Å². The Morgan fingerprint density at radius 2 is 1.77 bits per heavy atom. The van der Waals surface area contributed by atoms with Crippen molar-refractivity contribution in [3.05, 3.63) is 65.5 Å². The Balaban J connectivity index is 1.96. The van der Waals surface area contributed by atoms with Crippen LogP contribution in [0, 0.1) is 16.7 Å². The molecule has 3 N–H and O–H groups in total. The Labute approximate surface area is 126 Å². The summed E-state index contributed by atoms with van der Waals surface area (Å²) in [7, 11) is 0. The van der Waals surface area contributed by atoms with Crippen LogP contribution in [0.5, 0.6) is 0 Å². The molecule has 0 saturated carbocycles. The summed E-state index contributed by atoms with van der Waals surface area (Å²) >= 11 is 0. The molecular formula is C17H11N5. The van der Waals surface area contributed by atoms with E-state index in [9.17, 15) is 5.26 Å². The maximum absolute atomic E-state index is 9.60. The number of amidine groups is 1. The number of aromatic amines is 1. The fourth-order valence-corrected chi connectivity index (χ4v) is 2.67. The lowest BCUT2D eigenvalue weighted by atomic mass is 10.0. The second-order valence-corrected chi connectivity index (χ2v) is 5.01. The fourth-order valence-electron chi connectivity index (χ4n) is 2.67. The highest BCUT2D eigenvalue weighted by Gasteiger charge is 2.25. The van der Waals surface area contributed by atoms with Crippen molar-refractivity contribution in [3.63, 3.8) is 0 Å². The molecule has 5 nitrogen and oxygen atoms in total. The van der Waals surface area contributed by atoms with E-state index in [0.29, 0.717) is 22.9 Å². The maximum atomic E-state index is 9.60. The van der Waals surface area contributed by atoms with Crippen molar-refractivity contribution in [2.75, 3.05) is 0 Å². The average Bonchev–Trinajstić information content (AvgIpc) is 3.11. The predicted molar refractivity (Wildman–Crippen MR) is 84.9 cm³/mol. The molecule has 1 aromatic heterocycles. The van der Waals surface area contributed by atoms with Gasteiger partial charge in [0.2, 0.25) is 0 Å². The maximum Gasteiger partial charge on any atom is 0.151 e. The number of hydrogen-bond donors (Lipinski definition) is 3. The molecule has 1 aliphatic heterocycles. The topological polar surface area (TPSA) is 88.3 Å². The van der Waals surface area contributed by atoms with Crippen LogP contribution >= 0.6 is 0 Å². The van der Waals surface area contributed by atoms with Crippen molar-refractivity contribution in [1.82, 2.24) is 15.3 Å². The van der Waals surface area contributed by atoms with Gasteiger partial charge in [-0.15, -0.1) is 0 Å². The second-order valence-electron chi connectivity index (χ2n) is 5.01. The summed E-state index contributed by atoms with van der Waals surface area (Å²) in [6, 6.07) is 17.4. The molecule has 0 radical (unpaired) electrons. The van der Waals surface area contributed by atoms with Gasteiger partial charge < -0.3 is 10.3 Å². The minimum absolute atomic E-state index is 0.300. The predicted octanol–water partition coefficient (Wildman–Crippen LogP) is 2.88. The third-order valence-corrected chi connectivity index (χ3v) is 3.70. The van der Waals surface area contributed by atoms with Crippen LogP contribution in [-0.2, 0) is 0 Å². The minimum atomic E-state index is 0.300. The van der Waals surface area contributed by atoms with E-state index in [1.165, 1.54) is 0 Å². The van der Waals surface area contributed by atoms with E-state index in [1.807, 2.05) is 48.5 Å². The zero-order valence-electron chi connectivity index (χ0n) is 11.5. The fraction of sp³-hybridized carbons (Fsp3) is 0. The first kappa shape index (κ1) is 12.4. The van der Waals surface area contributed by atoms with Gasteiger partial charge >= 0.3 is 0 Å². The number of aromatic nitrogens is 2. The molecule has 0 spiro atoms. The number of nitrogens with one attached hydrogen (secondary N) is 3. The van der Waals surface area contributed by atoms with Crippen molar-refractivity contribution in [1.29, 1.82) is 10.7 Å². The Morgan fingerprint density at radius 3 is 2.55 bits per heavy atom. The number of rotatable bonds is 1. The number of fused-ring (bicyclic) bond motifs is 2. The molecule has 2 aromatic carbocycles. The monoisotopic (exact) mass is 285 g/mol. The van der Waals surface area contributed by atoms with E-state index >= 15 is 0 Å². The summed E-state index contributed by atoms with van der Waals surface area (Å²) in [4.78, 5) is 7.65. The molecule has 3 aromatic rings. The van der Waals surface area contributed by atoms with Crippen LogP contribution in [0.15, 0.2) is 48.5 Å². The van der Waals surface area contributed by atoms with Gasteiger partial charge in [-0.05, 0) is 12.1 Å². The van der Waals surface area contributed by atoms with Gasteiger partial charge in [-0.2, -0.15) is 5.26 Å². The molecule has 2 heterocycles. The Kier molecular flexibility index (Phi) is 2.57. The molecule has 0 unspecified atom stereocenters. The number of hydrogen-bond acceptors (Lipinski definition) is 3. The number of para-hydroxylation sites is 2. The molecule has 104 valence electrons. The van der Waals surface area contributed by atoms with E-state index in [0.717, 1.165) is 22.2 Å². The summed E-state index contributed by atoms with van der Waals surface area (Å²) in [6.07, 6.45) is 0. The molecule has 5 heteroatoms. The molecular weight excluding hydrogens is 274 g/mol. The summed E-state index contributed by atoms with van der Waals surface area (Å²) in [5.41, 5.74) is 4.37. The summed E-state index contributed by atoms with van der Waals surface area (Å²) in [5.74, 6) is 0.810. The number of allylic oxidation sites excluding steroid dienone is 1. The first-order valence-corrected chi connectivity index (χ1v) is 6.83. The van der Waals surface area contributed by atoms with Gasteiger partial charge in [0.15, 0.2) is 5.82 Å². The third kappa shape index (κ3) is 1.71. The summed E-state index contributed by atoms with van der Waals surface area (Å²) in [6.45, 7) is 0. The molecule has 4 rings (SSSR count). The number of H-pyrrole nitrogens is 1. The normalized spacial score (nSPS) is 15.3. The van der Waals surface area contributed by atoms with Gasteiger partial charge in [0.1, 0.15) is 17.5 Å². The van der Waals surface area contributed by atoms with Gasteiger partial charge in [0.25, 0.3) is 0 Å². The molecule has 1 aliphatic rings. The van der Waals surface area contributed by atoms with Crippen molar-refractivity contribution in [2.24, 2.45) is 0 Å². The third-order valence-electron chi connectivity index (χ3n) is 3.70. The van der Waals surface area contributed by atoms with Crippen molar-refractivity contribution in [3.8, 4) is 6.07 Å². The Bertz CT molecular complexity index is 954. The molecule has 0 fully saturated rings. The zero-order chi connectivity index (χ0) is 15.1. The van der Waals surface area contributed by atoms with Crippen LogP contribution in [-0.4, -0.2) is 15.8 Å². The van der Waals surface area contributed by atoms with Gasteiger partial charge in [-0.3, -0.25) is 5.41 Å². The summed E-state index contributed by atoms with van der Waals surface area (Å²) in [5, 5.41) is 20.6. The Hall–Kier alpha value is -3.39.